The van der Waals surface area contributed by atoms with Crippen molar-refractivity contribution < 1.29 is 4.74 Å². The Kier molecular flexibility index (Phi) is 4.90. The van der Waals surface area contributed by atoms with E-state index in [2.05, 4.69) is 158 Å². The Morgan fingerprint density at radius 1 is 0.255 bits per heavy atom. The van der Waals surface area contributed by atoms with Crippen LogP contribution >= 0.6 is 0 Å². The van der Waals surface area contributed by atoms with Crippen molar-refractivity contribution in [2.75, 3.05) is 0 Å². The van der Waals surface area contributed by atoms with Crippen LogP contribution < -0.4 is 4.74 Å². The Morgan fingerprint density at radius 2 is 0.745 bits per heavy atom. The second-order valence-electron chi connectivity index (χ2n) is 12.8. The van der Waals surface area contributed by atoms with Crippen molar-refractivity contribution in [1.82, 2.24) is 0 Å². The zero-order valence-corrected chi connectivity index (χ0v) is 25.4. The molecule has 10 aromatic carbocycles. The van der Waals surface area contributed by atoms with E-state index >= 15 is 0 Å². The summed E-state index contributed by atoms with van der Waals surface area (Å²) in [6, 6.07) is 57.8. The van der Waals surface area contributed by atoms with Crippen molar-refractivity contribution in [2.24, 2.45) is 0 Å². The molecule has 0 N–H and O–H groups in total. The van der Waals surface area contributed by atoms with Crippen LogP contribution in [0.1, 0.15) is 0 Å². The highest BCUT2D eigenvalue weighted by Crippen LogP contribution is 2.51. The smallest absolute Gasteiger partial charge is 0.143 e. The molecule has 1 nitrogen and oxygen atoms in total. The first kappa shape index (κ1) is 25.1. The van der Waals surface area contributed by atoms with Gasteiger partial charge in [0.1, 0.15) is 11.5 Å². The lowest BCUT2D eigenvalue weighted by Crippen LogP contribution is -1.99. The first-order valence-electron chi connectivity index (χ1n) is 16.3. The Bertz CT molecular complexity index is 2910. The minimum absolute atomic E-state index is 0.915. The maximum absolute atomic E-state index is 6.71. The average molecular weight is 595 g/mol. The second kappa shape index (κ2) is 9.19. The van der Waals surface area contributed by atoms with Crippen molar-refractivity contribution in [2.45, 2.75) is 0 Å². The van der Waals surface area contributed by atoms with E-state index in [0.717, 1.165) is 22.4 Å². The monoisotopic (exact) mass is 594 g/mol. The Morgan fingerprint density at radius 3 is 1.53 bits per heavy atom. The summed E-state index contributed by atoms with van der Waals surface area (Å²) in [6.45, 7) is 0. The molecule has 0 saturated carbocycles. The zero-order chi connectivity index (χ0) is 30.6. The molecule has 0 fully saturated rings. The minimum atomic E-state index is 0.915. The van der Waals surface area contributed by atoms with E-state index in [9.17, 15) is 0 Å². The van der Waals surface area contributed by atoms with Gasteiger partial charge in [0.05, 0.1) is 0 Å². The molecule has 0 radical (unpaired) electrons. The van der Waals surface area contributed by atoms with Crippen LogP contribution in [0.25, 0.3) is 98.0 Å². The summed E-state index contributed by atoms with van der Waals surface area (Å²) in [5.41, 5.74) is 7.35. The molecule has 11 rings (SSSR count). The standard InChI is InChI=1S/C46H26O/c1-2-10-31-27(7-1)19-24-41-39-16-6-15-38-37(25-26-42(45(38)39)47-46(31)41)35-14-5-11-32-33(35)12-4-13-34(32)36-22-20-30-18-17-28-8-3-9-29-21-23-40(36)44(30)43(28)29/h1-26H. The Balaban J connectivity index is 1.15. The maximum Gasteiger partial charge on any atom is 0.143 e. The van der Waals surface area contributed by atoms with E-state index in [1.807, 2.05) is 0 Å². The van der Waals surface area contributed by atoms with Crippen molar-refractivity contribution in [3.63, 3.8) is 0 Å². The summed E-state index contributed by atoms with van der Waals surface area (Å²) < 4.78 is 6.71. The summed E-state index contributed by atoms with van der Waals surface area (Å²) >= 11 is 0. The minimum Gasteiger partial charge on any atom is -0.455 e. The molecule has 0 bridgehead atoms. The number of hydrogen-bond donors (Lipinski definition) is 0. The predicted molar refractivity (Wildman–Crippen MR) is 199 cm³/mol. The fourth-order valence-corrected chi connectivity index (χ4v) is 8.34. The maximum atomic E-state index is 6.71. The van der Waals surface area contributed by atoms with Gasteiger partial charge in [-0.15, -0.1) is 0 Å². The number of rotatable bonds is 2. The van der Waals surface area contributed by atoms with Crippen LogP contribution in [-0.4, -0.2) is 0 Å². The Labute approximate surface area is 271 Å². The zero-order valence-electron chi connectivity index (χ0n) is 25.4. The molecule has 0 aliphatic carbocycles. The molecule has 216 valence electrons. The van der Waals surface area contributed by atoms with Crippen molar-refractivity contribution in [1.29, 1.82) is 0 Å². The van der Waals surface area contributed by atoms with Gasteiger partial charge in [-0.1, -0.05) is 146 Å². The molecule has 0 aromatic heterocycles. The van der Waals surface area contributed by atoms with Crippen molar-refractivity contribution in [3.8, 4) is 44.9 Å². The Hall–Kier alpha value is -6.18. The molecule has 0 amide bonds. The first-order chi connectivity index (χ1) is 23.3. The third kappa shape index (κ3) is 3.38. The van der Waals surface area contributed by atoms with Gasteiger partial charge in [-0.3, -0.25) is 0 Å². The molecular weight excluding hydrogens is 569 g/mol. The molecule has 1 aliphatic rings. The summed E-state index contributed by atoms with van der Waals surface area (Å²) in [5.74, 6) is 1.86. The lowest BCUT2D eigenvalue weighted by Gasteiger charge is -2.24. The molecule has 1 heterocycles. The predicted octanol–water partition coefficient (Wildman–Crippen LogP) is 13.2. The van der Waals surface area contributed by atoms with Crippen LogP contribution in [-0.2, 0) is 0 Å². The van der Waals surface area contributed by atoms with E-state index in [1.54, 1.807) is 0 Å². The quantitative estimate of drug-likeness (QED) is 0.181. The highest BCUT2D eigenvalue weighted by molar-refractivity contribution is 6.26. The number of benzene rings is 10. The molecule has 0 saturated heterocycles. The number of ether oxygens (including phenoxy) is 1. The summed E-state index contributed by atoms with van der Waals surface area (Å²) in [7, 11) is 0. The summed E-state index contributed by atoms with van der Waals surface area (Å²) in [6.07, 6.45) is 0. The van der Waals surface area contributed by atoms with Crippen LogP contribution in [0, 0.1) is 0 Å². The van der Waals surface area contributed by atoms with Crippen LogP contribution in [0.15, 0.2) is 158 Å². The largest absolute Gasteiger partial charge is 0.455 e. The highest BCUT2D eigenvalue weighted by atomic mass is 16.5. The molecule has 10 aromatic rings. The topological polar surface area (TPSA) is 9.23 Å². The fourth-order valence-electron chi connectivity index (χ4n) is 8.34. The molecular formula is C46H26O. The van der Waals surface area contributed by atoms with Gasteiger partial charge in [-0.25, -0.2) is 0 Å². The van der Waals surface area contributed by atoms with Crippen LogP contribution in [0.3, 0.4) is 0 Å². The lowest BCUT2D eigenvalue weighted by molar-refractivity contribution is 0.493. The third-order valence-electron chi connectivity index (χ3n) is 10.4. The molecule has 1 heteroatoms. The van der Waals surface area contributed by atoms with Crippen LogP contribution in [0.2, 0.25) is 0 Å². The first-order valence-corrected chi connectivity index (χ1v) is 16.3. The fraction of sp³-hybridized carbons (Fsp3) is 0. The van der Waals surface area contributed by atoms with Crippen LogP contribution in [0.5, 0.6) is 11.5 Å². The molecule has 0 unspecified atom stereocenters. The van der Waals surface area contributed by atoms with Gasteiger partial charge < -0.3 is 4.74 Å². The molecule has 1 aliphatic heterocycles. The molecule has 0 spiro atoms. The van der Waals surface area contributed by atoms with Crippen molar-refractivity contribution in [3.05, 3.63) is 158 Å². The molecule has 47 heavy (non-hydrogen) atoms. The van der Waals surface area contributed by atoms with Gasteiger partial charge in [0.2, 0.25) is 0 Å². The van der Waals surface area contributed by atoms with Gasteiger partial charge >= 0.3 is 0 Å². The van der Waals surface area contributed by atoms with Gasteiger partial charge in [0.25, 0.3) is 0 Å². The van der Waals surface area contributed by atoms with E-state index in [1.165, 1.54) is 87.1 Å². The van der Waals surface area contributed by atoms with Gasteiger partial charge in [-0.2, -0.15) is 0 Å². The lowest BCUT2D eigenvalue weighted by atomic mass is 9.86. The van der Waals surface area contributed by atoms with Crippen molar-refractivity contribution >= 4 is 64.6 Å². The second-order valence-corrected chi connectivity index (χ2v) is 12.8. The normalized spacial score (nSPS) is 12.4. The van der Waals surface area contributed by atoms with E-state index < -0.39 is 0 Å². The van der Waals surface area contributed by atoms with E-state index in [4.69, 9.17) is 4.74 Å². The molecule has 0 atom stereocenters. The van der Waals surface area contributed by atoms with Gasteiger partial charge in [-0.05, 0) is 93.8 Å². The van der Waals surface area contributed by atoms with E-state index in [0.29, 0.717) is 0 Å². The third-order valence-corrected chi connectivity index (χ3v) is 10.4. The summed E-state index contributed by atoms with van der Waals surface area (Å²) in [4.78, 5) is 0. The van der Waals surface area contributed by atoms with Crippen LogP contribution in [0.4, 0.5) is 0 Å². The summed E-state index contributed by atoms with van der Waals surface area (Å²) in [5, 5.41) is 15.1. The van der Waals surface area contributed by atoms with Gasteiger partial charge in [0.15, 0.2) is 0 Å². The SMILES string of the molecule is c1ccc2c3c(ccc2c1)-c1cccc2c(-c4cccc5c(-c6ccc7ccc8cccc9ccc6c7c89)cccc45)ccc(c12)O3. The number of fused-ring (bicyclic) bond motifs is 5. The average Bonchev–Trinajstić information content (AvgIpc) is 3.13. The number of hydrogen-bond acceptors (Lipinski definition) is 1. The van der Waals surface area contributed by atoms with E-state index in [-0.39, 0.29) is 0 Å². The van der Waals surface area contributed by atoms with Gasteiger partial charge in [0, 0.05) is 16.3 Å². The highest BCUT2D eigenvalue weighted by Gasteiger charge is 2.24.